The van der Waals surface area contributed by atoms with E-state index in [0.29, 0.717) is 37.4 Å². The van der Waals surface area contributed by atoms with Crippen LogP contribution in [-0.4, -0.2) is 51.9 Å². The number of phenolic OH excluding ortho intramolecular Hbond substituents is 1. The van der Waals surface area contributed by atoms with Crippen LogP contribution in [0, 0.1) is 12.7 Å². The molecule has 1 aliphatic heterocycles. The van der Waals surface area contributed by atoms with Gasteiger partial charge in [-0.05, 0) is 36.8 Å². The third-order valence-corrected chi connectivity index (χ3v) is 5.00. The lowest BCUT2D eigenvalue weighted by molar-refractivity contribution is 0.0695. The Kier molecular flexibility index (Phi) is 5.95. The van der Waals surface area contributed by atoms with Gasteiger partial charge in [0.15, 0.2) is 17.3 Å². The van der Waals surface area contributed by atoms with Crippen molar-refractivity contribution in [3.8, 4) is 11.4 Å². The molecule has 0 bridgehead atoms. The SMILES string of the molecule is Cc1cc(O)ccc1-n1cc(C(=O)O)c(=O)c2cc(F)c(N3CCNCC3)nc21.Cl. The number of piperazine rings is 1. The van der Waals surface area contributed by atoms with Crippen LogP contribution in [0.5, 0.6) is 5.75 Å². The molecule has 0 aliphatic carbocycles. The molecule has 10 heteroatoms. The third-order valence-electron chi connectivity index (χ3n) is 5.00. The first-order valence-corrected chi connectivity index (χ1v) is 9.11. The minimum absolute atomic E-state index is 0. The van der Waals surface area contributed by atoms with Crippen molar-refractivity contribution in [2.45, 2.75) is 6.92 Å². The van der Waals surface area contributed by atoms with Crippen molar-refractivity contribution < 1.29 is 19.4 Å². The van der Waals surface area contributed by atoms with E-state index in [2.05, 4.69) is 10.3 Å². The van der Waals surface area contributed by atoms with Gasteiger partial charge in [0.05, 0.1) is 11.1 Å². The second kappa shape index (κ2) is 8.29. The number of hydrogen-bond acceptors (Lipinski definition) is 6. The maximum absolute atomic E-state index is 14.8. The summed E-state index contributed by atoms with van der Waals surface area (Å²) in [6.45, 7) is 4.22. The number of nitrogens with zero attached hydrogens (tertiary/aromatic N) is 3. The summed E-state index contributed by atoms with van der Waals surface area (Å²) >= 11 is 0. The number of carbonyl (C=O) groups is 1. The second-order valence-electron chi connectivity index (χ2n) is 6.92. The first-order chi connectivity index (χ1) is 13.9. The van der Waals surface area contributed by atoms with Gasteiger partial charge in [-0.3, -0.25) is 9.36 Å². The van der Waals surface area contributed by atoms with Crippen LogP contribution in [0.25, 0.3) is 16.7 Å². The van der Waals surface area contributed by atoms with Gasteiger partial charge in [-0.25, -0.2) is 14.2 Å². The van der Waals surface area contributed by atoms with E-state index >= 15 is 0 Å². The number of benzene rings is 1. The standard InChI is InChI=1S/C20H19FN4O4.ClH/c1-11-8-12(26)2-3-16(11)25-10-14(20(28)29)17(27)13-9-15(21)19(23-18(13)25)24-6-4-22-5-7-24;/h2-3,8-10,22,26H,4-7H2,1H3,(H,28,29);1H. The number of carboxylic acids is 1. The van der Waals surface area contributed by atoms with Crippen LogP contribution in [0.3, 0.4) is 0 Å². The van der Waals surface area contributed by atoms with Gasteiger partial charge in [-0.1, -0.05) is 0 Å². The van der Waals surface area contributed by atoms with Crippen molar-refractivity contribution in [2.24, 2.45) is 0 Å². The number of fused-ring (bicyclic) bond motifs is 1. The lowest BCUT2D eigenvalue weighted by Gasteiger charge is -2.29. The predicted molar refractivity (Wildman–Crippen MR) is 113 cm³/mol. The zero-order valence-electron chi connectivity index (χ0n) is 16.1. The number of nitrogens with one attached hydrogen (secondary N) is 1. The van der Waals surface area contributed by atoms with Crippen molar-refractivity contribution >= 4 is 35.2 Å². The van der Waals surface area contributed by atoms with Crippen LogP contribution < -0.4 is 15.6 Å². The van der Waals surface area contributed by atoms with Crippen LogP contribution in [0.1, 0.15) is 15.9 Å². The number of aromatic hydroxyl groups is 1. The van der Waals surface area contributed by atoms with Crippen LogP contribution in [0.2, 0.25) is 0 Å². The van der Waals surface area contributed by atoms with E-state index in [-0.39, 0.29) is 35.0 Å². The summed E-state index contributed by atoms with van der Waals surface area (Å²) in [7, 11) is 0. The zero-order chi connectivity index (χ0) is 20.7. The average molecular weight is 435 g/mol. The Bertz CT molecular complexity index is 1190. The van der Waals surface area contributed by atoms with Gasteiger partial charge < -0.3 is 20.4 Å². The van der Waals surface area contributed by atoms with Crippen molar-refractivity contribution in [3.63, 3.8) is 0 Å². The summed E-state index contributed by atoms with van der Waals surface area (Å²) in [6.07, 6.45) is 1.19. The van der Waals surface area contributed by atoms with Gasteiger partial charge in [0.2, 0.25) is 5.43 Å². The lowest BCUT2D eigenvalue weighted by atomic mass is 10.1. The summed E-state index contributed by atoms with van der Waals surface area (Å²) < 4.78 is 16.3. The van der Waals surface area contributed by atoms with E-state index in [0.717, 1.165) is 6.07 Å². The maximum Gasteiger partial charge on any atom is 0.341 e. The fourth-order valence-corrected chi connectivity index (χ4v) is 3.56. The number of aryl methyl sites for hydroxylation is 1. The van der Waals surface area contributed by atoms with E-state index in [1.165, 1.54) is 22.9 Å². The summed E-state index contributed by atoms with van der Waals surface area (Å²) in [5.74, 6) is -1.91. The number of pyridine rings is 2. The third kappa shape index (κ3) is 3.69. The minimum atomic E-state index is -1.41. The number of carboxylic acid groups (broad SMARTS) is 1. The van der Waals surface area contributed by atoms with Crippen molar-refractivity contribution in [3.05, 3.63) is 57.6 Å². The first-order valence-electron chi connectivity index (χ1n) is 9.11. The van der Waals surface area contributed by atoms with Gasteiger partial charge in [-0.15, -0.1) is 12.4 Å². The predicted octanol–water partition coefficient (Wildman–Crippen LogP) is 2.07. The van der Waals surface area contributed by atoms with Gasteiger partial charge in [0.25, 0.3) is 0 Å². The Morgan fingerprint density at radius 1 is 1.23 bits per heavy atom. The molecule has 158 valence electrons. The molecule has 0 amide bonds. The highest BCUT2D eigenvalue weighted by molar-refractivity contribution is 5.92. The number of rotatable bonds is 3. The van der Waals surface area contributed by atoms with E-state index in [1.54, 1.807) is 17.9 Å². The van der Waals surface area contributed by atoms with Crippen LogP contribution in [0.15, 0.2) is 35.3 Å². The monoisotopic (exact) mass is 434 g/mol. The Hall–Kier alpha value is -3.17. The largest absolute Gasteiger partial charge is 0.508 e. The van der Waals surface area contributed by atoms with Crippen LogP contribution in [0.4, 0.5) is 10.2 Å². The number of aromatic carboxylic acids is 1. The van der Waals surface area contributed by atoms with E-state index in [4.69, 9.17) is 0 Å². The van der Waals surface area contributed by atoms with Crippen LogP contribution in [-0.2, 0) is 0 Å². The summed E-state index contributed by atoms with van der Waals surface area (Å²) in [6, 6.07) is 5.62. The molecule has 4 rings (SSSR count). The normalized spacial score (nSPS) is 13.9. The molecule has 0 unspecified atom stereocenters. The lowest BCUT2D eigenvalue weighted by Crippen LogP contribution is -2.44. The molecular weight excluding hydrogens is 415 g/mol. The number of halogens is 2. The number of hydrogen-bond donors (Lipinski definition) is 3. The van der Waals surface area contributed by atoms with Gasteiger partial charge in [0.1, 0.15) is 11.3 Å². The maximum atomic E-state index is 14.8. The topological polar surface area (TPSA) is 108 Å². The highest BCUT2D eigenvalue weighted by Crippen LogP contribution is 2.26. The van der Waals surface area contributed by atoms with Crippen molar-refractivity contribution in [1.82, 2.24) is 14.9 Å². The Balaban J connectivity index is 0.00000256. The molecule has 1 aliphatic rings. The second-order valence-corrected chi connectivity index (χ2v) is 6.92. The van der Waals surface area contributed by atoms with Crippen LogP contribution >= 0.6 is 12.4 Å². The molecule has 0 spiro atoms. The quantitative estimate of drug-likeness (QED) is 0.579. The number of phenols is 1. The minimum Gasteiger partial charge on any atom is -0.508 e. The number of anilines is 1. The Morgan fingerprint density at radius 3 is 2.57 bits per heavy atom. The fourth-order valence-electron chi connectivity index (χ4n) is 3.56. The average Bonchev–Trinajstić information content (AvgIpc) is 2.69. The molecule has 3 N–H and O–H groups in total. The molecule has 0 saturated carbocycles. The molecule has 2 aromatic heterocycles. The molecule has 3 heterocycles. The highest BCUT2D eigenvalue weighted by atomic mass is 35.5. The summed E-state index contributed by atoms with van der Waals surface area (Å²) in [5.41, 5.74) is 0.0464. The van der Waals surface area contributed by atoms with E-state index < -0.39 is 22.8 Å². The van der Waals surface area contributed by atoms with E-state index in [1.807, 2.05) is 0 Å². The van der Waals surface area contributed by atoms with Gasteiger partial charge >= 0.3 is 5.97 Å². The highest BCUT2D eigenvalue weighted by Gasteiger charge is 2.22. The van der Waals surface area contributed by atoms with Gasteiger partial charge in [-0.2, -0.15) is 0 Å². The smallest absolute Gasteiger partial charge is 0.341 e. The molecule has 3 aromatic rings. The molecule has 8 nitrogen and oxygen atoms in total. The Morgan fingerprint density at radius 2 is 1.93 bits per heavy atom. The fraction of sp³-hybridized carbons (Fsp3) is 0.250. The van der Waals surface area contributed by atoms with Crippen molar-refractivity contribution in [1.29, 1.82) is 0 Å². The molecule has 1 aromatic carbocycles. The first kappa shape index (κ1) is 21.5. The van der Waals surface area contributed by atoms with Gasteiger partial charge in [0, 0.05) is 32.4 Å². The Labute approximate surface area is 177 Å². The molecule has 1 fully saturated rings. The molecule has 1 saturated heterocycles. The zero-order valence-corrected chi connectivity index (χ0v) is 16.9. The molecule has 30 heavy (non-hydrogen) atoms. The molecule has 0 radical (unpaired) electrons. The summed E-state index contributed by atoms with van der Waals surface area (Å²) in [4.78, 5) is 30.5. The number of aromatic nitrogens is 2. The molecule has 0 atom stereocenters. The summed E-state index contributed by atoms with van der Waals surface area (Å²) in [5, 5.41) is 22.2. The van der Waals surface area contributed by atoms with Crippen molar-refractivity contribution in [2.75, 3.05) is 31.1 Å². The molecular formula is C20H20ClFN4O4. The van der Waals surface area contributed by atoms with E-state index in [9.17, 15) is 24.2 Å².